The van der Waals surface area contributed by atoms with Gasteiger partial charge < -0.3 is 4.52 Å². The summed E-state index contributed by atoms with van der Waals surface area (Å²) < 4.78 is 5.27. The van der Waals surface area contributed by atoms with Gasteiger partial charge in [-0.3, -0.25) is 9.63 Å². The monoisotopic (exact) mass is 293 g/mol. The summed E-state index contributed by atoms with van der Waals surface area (Å²) in [4.78, 5) is 22.0. The zero-order valence-corrected chi connectivity index (χ0v) is 12.4. The third kappa shape index (κ3) is 3.81. The second-order valence-corrected chi connectivity index (χ2v) is 5.92. The smallest absolute Gasteiger partial charge is 0.246 e. The Balaban J connectivity index is 1.48. The first-order chi connectivity index (χ1) is 10.3. The van der Waals surface area contributed by atoms with Gasteiger partial charge >= 0.3 is 0 Å². The number of hydrogen-bond donors (Lipinski definition) is 0. The number of amides is 1. The van der Waals surface area contributed by atoms with E-state index >= 15 is 0 Å². The fraction of sp³-hybridized carbons (Fsp3) is 0.800. The Morgan fingerprint density at radius 2 is 2.05 bits per heavy atom. The maximum Gasteiger partial charge on any atom is 0.246 e. The third-order valence-electron chi connectivity index (χ3n) is 4.29. The molecule has 3 rings (SSSR count). The van der Waals surface area contributed by atoms with Crippen molar-refractivity contribution in [1.82, 2.24) is 15.2 Å². The lowest BCUT2D eigenvalue weighted by atomic mass is 10.1. The fourth-order valence-electron chi connectivity index (χ4n) is 3.03. The van der Waals surface area contributed by atoms with E-state index in [0.29, 0.717) is 37.8 Å². The highest BCUT2D eigenvalue weighted by Crippen LogP contribution is 2.32. The molecule has 1 amide bonds. The van der Waals surface area contributed by atoms with E-state index in [2.05, 4.69) is 10.1 Å². The van der Waals surface area contributed by atoms with Gasteiger partial charge in [0.05, 0.1) is 6.61 Å². The summed E-state index contributed by atoms with van der Waals surface area (Å²) in [6.07, 6.45) is 8.83. The highest BCUT2D eigenvalue weighted by atomic mass is 16.7. The molecular formula is C15H23N3O3. The van der Waals surface area contributed by atoms with Gasteiger partial charge in [0.25, 0.3) is 0 Å². The van der Waals surface area contributed by atoms with Gasteiger partial charge in [-0.2, -0.15) is 4.98 Å². The lowest BCUT2D eigenvalue weighted by Gasteiger charge is -2.18. The summed E-state index contributed by atoms with van der Waals surface area (Å²) in [7, 11) is 0. The molecule has 1 saturated heterocycles. The fourth-order valence-corrected chi connectivity index (χ4v) is 3.03. The lowest BCUT2D eigenvalue weighted by molar-refractivity contribution is -0.183. The predicted molar refractivity (Wildman–Crippen MR) is 75.3 cm³/mol. The van der Waals surface area contributed by atoms with Gasteiger partial charge in [0.2, 0.25) is 11.8 Å². The molecule has 0 spiro atoms. The number of aryl methyl sites for hydroxylation is 1. The van der Waals surface area contributed by atoms with Gasteiger partial charge in [0.1, 0.15) is 0 Å². The van der Waals surface area contributed by atoms with Crippen LogP contribution in [0.5, 0.6) is 0 Å². The molecule has 1 aliphatic heterocycles. The van der Waals surface area contributed by atoms with E-state index in [-0.39, 0.29) is 5.91 Å². The van der Waals surface area contributed by atoms with Crippen LogP contribution >= 0.6 is 0 Å². The lowest BCUT2D eigenvalue weighted by Crippen LogP contribution is -2.31. The van der Waals surface area contributed by atoms with E-state index in [0.717, 1.165) is 37.9 Å². The van der Waals surface area contributed by atoms with Gasteiger partial charge in [-0.05, 0) is 32.1 Å². The van der Waals surface area contributed by atoms with Gasteiger partial charge in [-0.15, -0.1) is 0 Å². The number of hydroxylamine groups is 2. The Morgan fingerprint density at radius 3 is 2.90 bits per heavy atom. The average Bonchev–Trinajstić information content (AvgIpc) is 3.11. The molecule has 0 atom stereocenters. The standard InChI is InChI=1S/C15H23N3O3/c19-14(18-10-4-1-5-11-20-18)9-8-13-16-15(17-21-13)12-6-2-3-7-12/h12H,1-11H2. The van der Waals surface area contributed by atoms with Crippen molar-refractivity contribution in [2.24, 2.45) is 0 Å². The minimum Gasteiger partial charge on any atom is -0.339 e. The zero-order chi connectivity index (χ0) is 14.5. The Hall–Kier alpha value is -1.43. The van der Waals surface area contributed by atoms with Gasteiger partial charge in [0.15, 0.2) is 5.82 Å². The van der Waals surface area contributed by atoms with Crippen molar-refractivity contribution < 1.29 is 14.2 Å². The Kier molecular flexibility index (Phi) is 4.85. The van der Waals surface area contributed by atoms with Crippen LogP contribution in [-0.4, -0.2) is 34.3 Å². The predicted octanol–water partition coefficient (Wildman–Crippen LogP) is 2.60. The molecule has 1 aromatic rings. The molecule has 0 aromatic carbocycles. The first kappa shape index (κ1) is 14.5. The molecule has 2 heterocycles. The molecule has 21 heavy (non-hydrogen) atoms. The average molecular weight is 293 g/mol. The first-order valence-corrected chi connectivity index (χ1v) is 8.09. The molecule has 116 valence electrons. The normalized spacial score (nSPS) is 20.7. The second-order valence-electron chi connectivity index (χ2n) is 5.92. The molecule has 0 unspecified atom stereocenters. The number of carbonyl (C=O) groups is 1. The van der Waals surface area contributed by atoms with Crippen LogP contribution in [0.15, 0.2) is 4.52 Å². The number of aromatic nitrogens is 2. The Labute approximate surface area is 124 Å². The highest BCUT2D eigenvalue weighted by molar-refractivity contribution is 5.75. The van der Waals surface area contributed by atoms with E-state index in [9.17, 15) is 4.79 Å². The quantitative estimate of drug-likeness (QED) is 0.853. The molecule has 6 heteroatoms. The number of hydrogen-bond acceptors (Lipinski definition) is 5. The van der Waals surface area contributed by atoms with Crippen molar-refractivity contribution >= 4 is 5.91 Å². The zero-order valence-electron chi connectivity index (χ0n) is 12.4. The Morgan fingerprint density at radius 1 is 1.19 bits per heavy atom. The molecule has 0 N–H and O–H groups in total. The molecule has 6 nitrogen and oxygen atoms in total. The van der Waals surface area contributed by atoms with Crippen molar-refractivity contribution in [2.75, 3.05) is 13.2 Å². The summed E-state index contributed by atoms with van der Waals surface area (Å²) in [5, 5.41) is 5.56. The van der Waals surface area contributed by atoms with Gasteiger partial charge in [-0.25, -0.2) is 5.06 Å². The van der Waals surface area contributed by atoms with Crippen LogP contribution < -0.4 is 0 Å². The summed E-state index contributed by atoms with van der Waals surface area (Å²) in [5.74, 6) is 1.85. The highest BCUT2D eigenvalue weighted by Gasteiger charge is 2.23. The largest absolute Gasteiger partial charge is 0.339 e. The summed E-state index contributed by atoms with van der Waals surface area (Å²) in [5.41, 5.74) is 0. The van der Waals surface area contributed by atoms with E-state index in [1.54, 1.807) is 0 Å². The van der Waals surface area contributed by atoms with Gasteiger partial charge in [0, 0.05) is 25.3 Å². The van der Waals surface area contributed by atoms with Crippen LogP contribution in [0.3, 0.4) is 0 Å². The van der Waals surface area contributed by atoms with Crippen LogP contribution in [0.1, 0.15) is 69.0 Å². The topological polar surface area (TPSA) is 68.5 Å². The van der Waals surface area contributed by atoms with Crippen molar-refractivity contribution in [3.05, 3.63) is 11.7 Å². The van der Waals surface area contributed by atoms with Crippen LogP contribution in [-0.2, 0) is 16.1 Å². The number of carbonyl (C=O) groups excluding carboxylic acids is 1. The van der Waals surface area contributed by atoms with Crippen LogP contribution in [0.4, 0.5) is 0 Å². The van der Waals surface area contributed by atoms with Crippen LogP contribution in [0.25, 0.3) is 0 Å². The molecule has 1 saturated carbocycles. The van der Waals surface area contributed by atoms with Crippen molar-refractivity contribution in [2.45, 2.75) is 63.7 Å². The van der Waals surface area contributed by atoms with E-state index < -0.39 is 0 Å². The maximum atomic E-state index is 12.1. The second kappa shape index (κ2) is 7.02. The third-order valence-corrected chi connectivity index (χ3v) is 4.29. The molecule has 1 aliphatic carbocycles. The maximum absolute atomic E-state index is 12.1. The molecule has 0 bridgehead atoms. The SMILES string of the molecule is O=C(CCc1nc(C2CCCC2)no1)N1CCCCCO1. The van der Waals surface area contributed by atoms with Crippen LogP contribution in [0.2, 0.25) is 0 Å². The minimum absolute atomic E-state index is 0.0116. The summed E-state index contributed by atoms with van der Waals surface area (Å²) >= 11 is 0. The molecule has 2 fully saturated rings. The van der Waals surface area contributed by atoms with E-state index in [4.69, 9.17) is 9.36 Å². The summed E-state index contributed by atoms with van der Waals surface area (Å²) in [6.45, 7) is 1.33. The van der Waals surface area contributed by atoms with E-state index in [1.165, 1.54) is 17.9 Å². The van der Waals surface area contributed by atoms with Crippen molar-refractivity contribution in [3.8, 4) is 0 Å². The van der Waals surface area contributed by atoms with E-state index in [1.807, 2.05) is 0 Å². The molecule has 2 aliphatic rings. The minimum atomic E-state index is 0.0116. The molecule has 0 radical (unpaired) electrons. The number of nitrogens with zero attached hydrogens (tertiary/aromatic N) is 3. The van der Waals surface area contributed by atoms with Gasteiger partial charge in [-0.1, -0.05) is 18.0 Å². The van der Waals surface area contributed by atoms with Crippen molar-refractivity contribution in [3.63, 3.8) is 0 Å². The number of rotatable bonds is 4. The molecular weight excluding hydrogens is 270 g/mol. The summed E-state index contributed by atoms with van der Waals surface area (Å²) in [6, 6.07) is 0. The Bertz CT molecular complexity index is 460. The first-order valence-electron chi connectivity index (χ1n) is 8.09. The van der Waals surface area contributed by atoms with Crippen LogP contribution in [0, 0.1) is 0 Å². The molecule has 1 aromatic heterocycles. The van der Waals surface area contributed by atoms with Crippen molar-refractivity contribution in [1.29, 1.82) is 0 Å².